The molecule has 2 heterocycles. The van der Waals surface area contributed by atoms with Gasteiger partial charge in [-0.1, -0.05) is 60.7 Å². The van der Waals surface area contributed by atoms with Crippen molar-refractivity contribution in [1.29, 1.82) is 0 Å². The first-order chi connectivity index (χ1) is 13.4. The summed E-state index contributed by atoms with van der Waals surface area (Å²) in [6.45, 7) is 3.14. The van der Waals surface area contributed by atoms with Crippen molar-refractivity contribution in [2.24, 2.45) is 0 Å². The lowest BCUT2D eigenvalue weighted by Gasteiger charge is -2.38. The van der Waals surface area contributed by atoms with Gasteiger partial charge in [0.25, 0.3) is 0 Å². The van der Waals surface area contributed by atoms with E-state index in [2.05, 4.69) is 101 Å². The Kier molecular flexibility index (Phi) is 3.79. The maximum Gasteiger partial charge on any atom is 0.145 e. The lowest BCUT2D eigenvalue weighted by atomic mass is 10.1. The number of hydrogen-bond donors (Lipinski definition) is 0. The van der Waals surface area contributed by atoms with Crippen LogP contribution in [0.2, 0.25) is 0 Å². The van der Waals surface area contributed by atoms with Crippen molar-refractivity contribution in [3.8, 4) is 11.4 Å². The van der Waals surface area contributed by atoms with E-state index < -0.39 is 0 Å². The third-order valence-corrected chi connectivity index (χ3v) is 5.24. The summed E-state index contributed by atoms with van der Waals surface area (Å²) in [5.74, 6) is 1.04. The third-order valence-electron chi connectivity index (χ3n) is 5.24. The zero-order chi connectivity index (χ0) is 18.2. The molecule has 0 saturated carbocycles. The minimum Gasteiger partial charge on any atom is -0.347 e. The molecule has 132 valence electrons. The van der Waals surface area contributed by atoms with E-state index in [0.717, 1.165) is 17.9 Å². The molecule has 5 rings (SSSR count). The Morgan fingerprint density at radius 2 is 1.63 bits per heavy atom. The van der Waals surface area contributed by atoms with Gasteiger partial charge >= 0.3 is 0 Å². The molecule has 4 aromatic rings. The third kappa shape index (κ3) is 2.55. The van der Waals surface area contributed by atoms with Gasteiger partial charge in [0.2, 0.25) is 0 Å². The average molecular weight is 351 g/mol. The quantitative estimate of drug-likeness (QED) is 0.468. The summed E-state index contributed by atoms with van der Waals surface area (Å²) in [5, 5.41) is 0. The molecule has 27 heavy (non-hydrogen) atoms. The van der Waals surface area contributed by atoms with Crippen LogP contribution in [-0.4, -0.2) is 16.1 Å². The fraction of sp³-hybridized carbons (Fsp3) is 0.125. The molecule has 1 atom stereocenters. The molecular weight excluding hydrogens is 330 g/mol. The van der Waals surface area contributed by atoms with Gasteiger partial charge in [-0.15, -0.1) is 0 Å². The second kappa shape index (κ2) is 6.44. The summed E-state index contributed by atoms with van der Waals surface area (Å²) in [6, 6.07) is 27.4. The number of fused-ring (bicyclic) bond motifs is 5. The number of nitrogens with zero attached hydrogens (tertiary/aromatic N) is 3. The van der Waals surface area contributed by atoms with E-state index in [-0.39, 0.29) is 6.17 Å². The summed E-state index contributed by atoms with van der Waals surface area (Å²) in [7, 11) is 0. The van der Waals surface area contributed by atoms with Crippen LogP contribution in [0.15, 0.2) is 84.9 Å². The zero-order valence-electron chi connectivity index (χ0n) is 15.3. The van der Waals surface area contributed by atoms with Gasteiger partial charge in [0.1, 0.15) is 12.0 Å². The number of imidazole rings is 1. The van der Waals surface area contributed by atoms with E-state index in [1.54, 1.807) is 0 Å². The van der Waals surface area contributed by atoms with Gasteiger partial charge in [-0.2, -0.15) is 0 Å². The number of benzene rings is 3. The zero-order valence-corrected chi connectivity index (χ0v) is 15.3. The topological polar surface area (TPSA) is 21.1 Å². The number of hydrogen-bond acceptors (Lipinski definition) is 2. The van der Waals surface area contributed by atoms with Gasteiger partial charge < -0.3 is 4.90 Å². The minimum atomic E-state index is 0.0903. The second-order valence-corrected chi connectivity index (χ2v) is 6.78. The first kappa shape index (κ1) is 15.9. The Labute approximate surface area is 159 Å². The standard InChI is InChI=1S/C24H21N3/c1-2-26-21-14-8-6-12-19(21)24-25-20-13-7-9-15-22(20)27(24)23(26)17-16-18-10-4-3-5-11-18/h3-17,23H,2H2,1H3/b17-16+/t23-/m0/s1. The Balaban J connectivity index is 1.74. The van der Waals surface area contributed by atoms with E-state index in [1.807, 2.05) is 6.07 Å². The summed E-state index contributed by atoms with van der Waals surface area (Å²) in [5.41, 5.74) is 5.85. The van der Waals surface area contributed by atoms with E-state index in [9.17, 15) is 0 Å². The average Bonchev–Trinajstić information content (AvgIpc) is 3.12. The predicted molar refractivity (Wildman–Crippen MR) is 113 cm³/mol. The Bertz CT molecular complexity index is 1120. The number of para-hydroxylation sites is 3. The summed E-state index contributed by atoms with van der Waals surface area (Å²) >= 11 is 0. The normalized spacial score (nSPS) is 15.9. The maximum absolute atomic E-state index is 4.97. The lowest BCUT2D eigenvalue weighted by Crippen LogP contribution is -2.35. The van der Waals surface area contributed by atoms with E-state index in [4.69, 9.17) is 4.98 Å². The summed E-state index contributed by atoms with van der Waals surface area (Å²) < 4.78 is 2.36. The van der Waals surface area contributed by atoms with Crippen LogP contribution in [-0.2, 0) is 0 Å². The molecule has 3 heteroatoms. The molecule has 0 bridgehead atoms. The van der Waals surface area contributed by atoms with Crippen LogP contribution in [0.5, 0.6) is 0 Å². The lowest BCUT2D eigenvalue weighted by molar-refractivity contribution is 0.574. The van der Waals surface area contributed by atoms with Gasteiger partial charge in [0, 0.05) is 17.8 Å². The van der Waals surface area contributed by atoms with Gasteiger partial charge in [-0.05, 0) is 42.8 Å². The monoisotopic (exact) mass is 351 g/mol. The summed E-state index contributed by atoms with van der Waals surface area (Å²) in [6.07, 6.45) is 4.58. The largest absolute Gasteiger partial charge is 0.347 e. The highest BCUT2D eigenvalue weighted by molar-refractivity contribution is 5.87. The van der Waals surface area contributed by atoms with Gasteiger partial charge in [-0.25, -0.2) is 4.98 Å². The molecular formula is C24H21N3. The highest BCUT2D eigenvalue weighted by Crippen LogP contribution is 2.42. The molecule has 0 unspecified atom stereocenters. The molecule has 0 spiro atoms. The van der Waals surface area contributed by atoms with Crippen molar-refractivity contribution < 1.29 is 0 Å². The molecule has 1 aromatic heterocycles. The Morgan fingerprint density at radius 3 is 2.48 bits per heavy atom. The number of aromatic nitrogens is 2. The second-order valence-electron chi connectivity index (χ2n) is 6.78. The molecule has 0 N–H and O–H groups in total. The fourth-order valence-corrected chi connectivity index (χ4v) is 4.01. The molecule has 3 nitrogen and oxygen atoms in total. The van der Waals surface area contributed by atoms with Gasteiger partial charge in [-0.3, -0.25) is 4.57 Å². The molecule has 0 radical (unpaired) electrons. The number of rotatable bonds is 3. The molecule has 0 fully saturated rings. The summed E-state index contributed by atoms with van der Waals surface area (Å²) in [4.78, 5) is 7.41. The maximum atomic E-state index is 4.97. The van der Waals surface area contributed by atoms with Gasteiger partial charge in [0.15, 0.2) is 0 Å². The van der Waals surface area contributed by atoms with E-state index >= 15 is 0 Å². The van der Waals surface area contributed by atoms with E-state index in [1.165, 1.54) is 22.3 Å². The van der Waals surface area contributed by atoms with Crippen molar-refractivity contribution in [3.63, 3.8) is 0 Å². The molecule has 3 aromatic carbocycles. The first-order valence-electron chi connectivity index (χ1n) is 9.43. The van der Waals surface area contributed by atoms with Crippen molar-refractivity contribution in [2.75, 3.05) is 11.4 Å². The fourth-order valence-electron chi connectivity index (χ4n) is 4.01. The smallest absolute Gasteiger partial charge is 0.145 e. The predicted octanol–water partition coefficient (Wildman–Crippen LogP) is 5.76. The van der Waals surface area contributed by atoms with Crippen molar-refractivity contribution in [3.05, 3.63) is 90.5 Å². The molecule has 0 aliphatic carbocycles. The van der Waals surface area contributed by atoms with Gasteiger partial charge in [0.05, 0.1) is 11.0 Å². The van der Waals surface area contributed by atoms with Crippen LogP contribution in [0.1, 0.15) is 18.7 Å². The SMILES string of the molecule is CCN1c2ccccc2-c2nc3ccccc3n2[C@H]1/C=C/c1ccccc1. The van der Waals surface area contributed by atoms with Crippen LogP contribution in [0.25, 0.3) is 28.5 Å². The van der Waals surface area contributed by atoms with Crippen LogP contribution in [0.3, 0.4) is 0 Å². The van der Waals surface area contributed by atoms with Crippen molar-refractivity contribution in [1.82, 2.24) is 9.55 Å². The van der Waals surface area contributed by atoms with Crippen LogP contribution in [0, 0.1) is 0 Å². The van der Waals surface area contributed by atoms with Crippen molar-refractivity contribution >= 4 is 22.8 Å². The molecule has 0 saturated heterocycles. The highest BCUT2D eigenvalue weighted by Gasteiger charge is 2.30. The molecule has 1 aliphatic heterocycles. The van der Waals surface area contributed by atoms with Crippen LogP contribution in [0.4, 0.5) is 5.69 Å². The Morgan fingerprint density at radius 1 is 0.889 bits per heavy atom. The number of anilines is 1. The first-order valence-corrected chi connectivity index (χ1v) is 9.43. The van der Waals surface area contributed by atoms with Crippen LogP contribution < -0.4 is 4.90 Å². The van der Waals surface area contributed by atoms with Crippen LogP contribution >= 0.6 is 0 Å². The molecule has 0 amide bonds. The highest BCUT2D eigenvalue weighted by atomic mass is 15.3. The number of likely N-dealkylation sites (N-methyl/N-ethyl adjacent to an activating group) is 1. The Hall–Kier alpha value is -3.33. The van der Waals surface area contributed by atoms with E-state index in [0.29, 0.717) is 0 Å². The minimum absolute atomic E-state index is 0.0903. The molecule has 1 aliphatic rings. The van der Waals surface area contributed by atoms with Crippen molar-refractivity contribution in [2.45, 2.75) is 13.1 Å².